The highest BCUT2D eigenvalue weighted by Crippen LogP contribution is 2.43. The number of halogens is 5. The molecule has 0 aliphatic carbocycles. The Morgan fingerprint density at radius 2 is 1.82 bits per heavy atom. The molecular weight excluding hydrogens is 245 g/mol. The van der Waals surface area contributed by atoms with Gasteiger partial charge in [-0.3, -0.25) is 4.79 Å². The van der Waals surface area contributed by atoms with Crippen molar-refractivity contribution in [2.45, 2.75) is 18.6 Å². The fraction of sp³-hybridized carbons (Fsp3) is 0.300. The monoisotopic (exact) mass is 253 g/mol. The van der Waals surface area contributed by atoms with E-state index in [9.17, 15) is 26.7 Å². The zero-order chi connectivity index (χ0) is 13.1. The van der Waals surface area contributed by atoms with Crippen molar-refractivity contribution in [2.24, 2.45) is 0 Å². The van der Waals surface area contributed by atoms with E-state index in [0.717, 1.165) is 6.07 Å². The number of alkyl halides is 5. The fourth-order valence-corrected chi connectivity index (χ4v) is 1.20. The number of hydrogen-bond acceptors (Lipinski definition) is 1. The minimum atomic E-state index is -5.64. The van der Waals surface area contributed by atoms with Crippen LogP contribution in [0.1, 0.15) is 11.1 Å². The van der Waals surface area contributed by atoms with Crippen molar-refractivity contribution in [3.05, 3.63) is 35.4 Å². The minimum Gasteiger partial charge on any atom is -0.355 e. The molecule has 0 aliphatic heterocycles. The molecule has 1 N–H and O–H groups in total. The van der Waals surface area contributed by atoms with Gasteiger partial charge in [-0.2, -0.15) is 22.0 Å². The summed E-state index contributed by atoms with van der Waals surface area (Å²) in [5, 5.41) is 2.18. The van der Waals surface area contributed by atoms with E-state index in [1.165, 1.54) is 6.07 Å². The van der Waals surface area contributed by atoms with Crippen LogP contribution < -0.4 is 5.32 Å². The Morgan fingerprint density at radius 1 is 1.18 bits per heavy atom. The van der Waals surface area contributed by atoms with E-state index < -0.39 is 17.7 Å². The predicted octanol–water partition coefficient (Wildman–Crippen LogP) is 2.59. The van der Waals surface area contributed by atoms with Crippen molar-refractivity contribution < 1.29 is 26.7 Å². The SMILES string of the molecule is O=CNCc1cccc(C(F)(F)C(F)(F)F)c1. The number of amides is 1. The number of carbonyl (C=O) groups excluding carboxylic acids is 1. The van der Waals surface area contributed by atoms with Gasteiger partial charge in [0.25, 0.3) is 0 Å². The second kappa shape index (κ2) is 4.68. The maximum absolute atomic E-state index is 13.0. The summed E-state index contributed by atoms with van der Waals surface area (Å²) in [6.07, 6.45) is -5.31. The molecule has 0 bridgehead atoms. The predicted molar refractivity (Wildman–Crippen MR) is 49.3 cm³/mol. The van der Waals surface area contributed by atoms with Gasteiger partial charge in [-0.15, -0.1) is 0 Å². The third-order valence-corrected chi connectivity index (χ3v) is 2.04. The Kier molecular flexibility index (Phi) is 3.69. The molecule has 7 heteroatoms. The van der Waals surface area contributed by atoms with Crippen LogP contribution in [0.5, 0.6) is 0 Å². The molecule has 2 nitrogen and oxygen atoms in total. The summed E-state index contributed by atoms with van der Waals surface area (Å²) in [5.41, 5.74) is -0.978. The topological polar surface area (TPSA) is 29.1 Å². The Morgan fingerprint density at radius 3 is 2.35 bits per heavy atom. The van der Waals surface area contributed by atoms with Crippen LogP contribution in [0.4, 0.5) is 22.0 Å². The Labute approximate surface area is 93.4 Å². The summed E-state index contributed by atoms with van der Waals surface area (Å²) in [6.45, 7) is -0.106. The number of carbonyl (C=O) groups is 1. The van der Waals surface area contributed by atoms with E-state index in [2.05, 4.69) is 5.32 Å². The molecule has 0 heterocycles. The molecule has 0 fully saturated rings. The average molecular weight is 253 g/mol. The molecule has 0 aromatic heterocycles. The first-order chi connectivity index (χ1) is 7.79. The average Bonchev–Trinajstić information content (AvgIpc) is 2.25. The molecule has 0 spiro atoms. The molecule has 0 unspecified atom stereocenters. The molecular formula is C10H8F5NO. The molecule has 0 saturated heterocycles. The quantitative estimate of drug-likeness (QED) is 0.648. The molecule has 1 aromatic carbocycles. The van der Waals surface area contributed by atoms with Crippen molar-refractivity contribution in [3.8, 4) is 0 Å². The normalized spacial score (nSPS) is 12.3. The van der Waals surface area contributed by atoms with Gasteiger partial charge in [0.2, 0.25) is 6.41 Å². The van der Waals surface area contributed by atoms with Gasteiger partial charge >= 0.3 is 12.1 Å². The summed E-state index contributed by atoms with van der Waals surface area (Å²) in [4.78, 5) is 9.98. The van der Waals surface area contributed by atoms with Crippen LogP contribution in [0, 0.1) is 0 Å². The summed E-state index contributed by atoms with van der Waals surface area (Å²) >= 11 is 0. The van der Waals surface area contributed by atoms with Crippen molar-refractivity contribution in [2.75, 3.05) is 0 Å². The lowest BCUT2D eigenvalue weighted by molar-refractivity contribution is -0.289. The smallest absolute Gasteiger partial charge is 0.355 e. The van der Waals surface area contributed by atoms with E-state index >= 15 is 0 Å². The van der Waals surface area contributed by atoms with Crippen molar-refractivity contribution in [3.63, 3.8) is 0 Å². The summed E-state index contributed by atoms with van der Waals surface area (Å²) in [6, 6.07) is 3.82. The van der Waals surface area contributed by atoms with E-state index in [1.54, 1.807) is 0 Å². The second-order valence-electron chi connectivity index (χ2n) is 3.27. The number of rotatable bonds is 4. The minimum absolute atomic E-state index is 0.106. The zero-order valence-corrected chi connectivity index (χ0v) is 8.39. The van der Waals surface area contributed by atoms with Gasteiger partial charge in [0, 0.05) is 12.1 Å². The fourth-order valence-electron chi connectivity index (χ4n) is 1.20. The largest absolute Gasteiger partial charge is 0.458 e. The van der Waals surface area contributed by atoms with Gasteiger partial charge in [-0.05, 0) is 11.6 Å². The first kappa shape index (κ1) is 13.4. The van der Waals surface area contributed by atoms with Crippen molar-refractivity contribution in [1.82, 2.24) is 5.32 Å². The van der Waals surface area contributed by atoms with Gasteiger partial charge in [-0.1, -0.05) is 18.2 Å². The highest BCUT2D eigenvalue weighted by atomic mass is 19.4. The van der Waals surface area contributed by atoms with Crippen LogP contribution in [-0.4, -0.2) is 12.6 Å². The molecule has 0 aliphatic rings. The number of nitrogens with one attached hydrogen (secondary N) is 1. The maximum Gasteiger partial charge on any atom is 0.458 e. The summed E-state index contributed by atoms with van der Waals surface area (Å²) < 4.78 is 62.1. The van der Waals surface area contributed by atoms with Gasteiger partial charge in [0.05, 0.1) is 0 Å². The lowest BCUT2D eigenvalue weighted by Gasteiger charge is -2.20. The van der Waals surface area contributed by atoms with Gasteiger partial charge < -0.3 is 5.32 Å². The van der Waals surface area contributed by atoms with E-state index in [1.807, 2.05) is 0 Å². The zero-order valence-electron chi connectivity index (χ0n) is 8.39. The van der Waals surface area contributed by atoms with Crippen LogP contribution in [-0.2, 0) is 17.3 Å². The number of benzene rings is 1. The van der Waals surface area contributed by atoms with E-state index in [0.29, 0.717) is 18.5 Å². The third-order valence-electron chi connectivity index (χ3n) is 2.04. The molecule has 0 atom stereocenters. The Hall–Kier alpha value is -1.66. The molecule has 94 valence electrons. The lowest BCUT2D eigenvalue weighted by atomic mass is 10.0. The number of hydrogen-bond donors (Lipinski definition) is 1. The molecule has 17 heavy (non-hydrogen) atoms. The Bertz CT molecular complexity index is 402. The first-order valence-electron chi connectivity index (χ1n) is 4.50. The highest BCUT2D eigenvalue weighted by Gasteiger charge is 2.58. The van der Waals surface area contributed by atoms with Crippen molar-refractivity contribution >= 4 is 6.41 Å². The standard InChI is InChI=1S/C10H8F5NO/c11-9(12,10(13,14)15)8-3-1-2-7(4-8)5-16-6-17/h1-4,6H,5H2,(H,16,17). The lowest BCUT2D eigenvalue weighted by Crippen LogP contribution is -2.33. The first-order valence-corrected chi connectivity index (χ1v) is 4.50. The molecule has 1 aromatic rings. The molecule has 0 radical (unpaired) electrons. The maximum atomic E-state index is 13.0. The molecule has 1 rings (SSSR count). The Balaban J connectivity index is 3.02. The van der Waals surface area contributed by atoms with Crippen LogP contribution in [0.25, 0.3) is 0 Å². The van der Waals surface area contributed by atoms with Crippen LogP contribution >= 0.6 is 0 Å². The second-order valence-corrected chi connectivity index (χ2v) is 3.27. The molecule has 0 saturated carbocycles. The molecule has 1 amide bonds. The van der Waals surface area contributed by atoms with Crippen LogP contribution in [0.2, 0.25) is 0 Å². The highest BCUT2D eigenvalue weighted by molar-refractivity contribution is 5.46. The van der Waals surface area contributed by atoms with Crippen molar-refractivity contribution in [1.29, 1.82) is 0 Å². The summed E-state index contributed by atoms with van der Waals surface area (Å²) in [7, 11) is 0. The van der Waals surface area contributed by atoms with Crippen LogP contribution in [0.3, 0.4) is 0 Å². The van der Waals surface area contributed by atoms with Crippen LogP contribution in [0.15, 0.2) is 24.3 Å². The van der Waals surface area contributed by atoms with Gasteiger partial charge in [-0.25, -0.2) is 0 Å². The summed E-state index contributed by atoms with van der Waals surface area (Å²) in [5.74, 6) is -4.90. The third kappa shape index (κ3) is 2.92. The van der Waals surface area contributed by atoms with Gasteiger partial charge in [0.15, 0.2) is 0 Å². The van der Waals surface area contributed by atoms with E-state index in [4.69, 9.17) is 0 Å². The van der Waals surface area contributed by atoms with E-state index in [-0.39, 0.29) is 12.1 Å². The van der Waals surface area contributed by atoms with Gasteiger partial charge in [0.1, 0.15) is 0 Å².